The lowest BCUT2D eigenvalue weighted by atomic mass is 10.0. The number of anilines is 1. The molecule has 0 fully saturated rings. The van der Waals surface area contributed by atoms with Gasteiger partial charge >= 0.3 is 0 Å². The van der Waals surface area contributed by atoms with Crippen molar-refractivity contribution >= 4 is 38.0 Å². The average Bonchev–Trinajstić information content (AvgIpc) is 2.67. The van der Waals surface area contributed by atoms with Gasteiger partial charge in [-0.25, -0.2) is 0 Å². The van der Waals surface area contributed by atoms with Crippen molar-refractivity contribution in [1.29, 1.82) is 0 Å². The van der Waals surface area contributed by atoms with Gasteiger partial charge in [-0.1, -0.05) is 84.9 Å². The van der Waals surface area contributed by atoms with Crippen molar-refractivity contribution in [3.63, 3.8) is 0 Å². The predicted octanol–water partition coefficient (Wildman–Crippen LogP) is 6.42. The fourth-order valence-corrected chi connectivity index (χ4v) is 3.13. The molecule has 0 saturated heterocycles. The van der Waals surface area contributed by atoms with Crippen LogP contribution in [0.15, 0.2) is 103 Å². The van der Waals surface area contributed by atoms with Gasteiger partial charge in [-0.15, -0.1) is 0 Å². The fraction of sp³-hybridized carbons (Fsp3) is 0. The maximum absolute atomic E-state index is 5.76. The van der Waals surface area contributed by atoms with Gasteiger partial charge in [0.2, 0.25) is 0 Å². The highest BCUT2D eigenvalue weighted by atomic mass is 14.5. The van der Waals surface area contributed by atoms with Crippen LogP contribution in [0.3, 0.4) is 0 Å². The number of nitrogens with two attached hydrogens (primary N) is 1. The molecule has 0 spiro atoms. The molecule has 120 valence electrons. The van der Waals surface area contributed by atoms with E-state index in [-0.39, 0.29) is 0 Å². The normalized spacial score (nSPS) is 10.6. The van der Waals surface area contributed by atoms with E-state index in [2.05, 4.69) is 72.8 Å². The Labute approximate surface area is 147 Å². The molecular weight excluding hydrogens is 302 g/mol. The van der Waals surface area contributed by atoms with Gasteiger partial charge in [0.15, 0.2) is 0 Å². The molecule has 5 aromatic rings. The molecule has 0 aliphatic rings. The molecule has 5 aromatic carbocycles. The average molecular weight is 321 g/mol. The fourth-order valence-electron chi connectivity index (χ4n) is 3.13. The summed E-state index contributed by atoms with van der Waals surface area (Å²) in [6.07, 6.45) is 0. The van der Waals surface area contributed by atoms with Crippen molar-refractivity contribution < 1.29 is 0 Å². The van der Waals surface area contributed by atoms with Gasteiger partial charge in [-0.2, -0.15) is 0 Å². The summed E-state index contributed by atoms with van der Waals surface area (Å²) in [6, 6.07) is 35.5. The van der Waals surface area contributed by atoms with E-state index in [4.69, 9.17) is 5.73 Å². The van der Waals surface area contributed by atoms with E-state index < -0.39 is 0 Å². The van der Waals surface area contributed by atoms with E-state index in [1.165, 1.54) is 26.9 Å². The van der Waals surface area contributed by atoms with Gasteiger partial charge in [0.05, 0.1) is 0 Å². The molecule has 25 heavy (non-hydrogen) atoms. The van der Waals surface area contributed by atoms with Crippen LogP contribution in [-0.4, -0.2) is 0 Å². The second kappa shape index (κ2) is 6.66. The van der Waals surface area contributed by atoms with Crippen molar-refractivity contribution in [1.82, 2.24) is 0 Å². The lowest BCUT2D eigenvalue weighted by Crippen LogP contribution is -1.84. The first-order valence-corrected chi connectivity index (χ1v) is 8.42. The minimum atomic E-state index is 0.850. The van der Waals surface area contributed by atoms with Crippen LogP contribution >= 0.6 is 0 Å². The molecule has 0 heterocycles. The molecule has 5 rings (SSSR count). The van der Waals surface area contributed by atoms with E-state index in [1.54, 1.807) is 0 Å². The van der Waals surface area contributed by atoms with Gasteiger partial charge in [-0.3, -0.25) is 0 Å². The SMILES string of the molecule is Nc1cccc2ccccc12.c1ccc2cc3ccccc3cc2c1. The number of hydrogen-bond acceptors (Lipinski definition) is 1. The molecule has 0 radical (unpaired) electrons. The Morgan fingerprint density at radius 2 is 0.800 bits per heavy atom. The van der Waals surface area contributed by atoms with Crippen LogP contribution in [0.25, 0.3) is 32.3 Å². The summed E-state index contributed by atoms with van der Waals surface area (Å²) in [5.41, 5.74) is 6.61. The highest BCUT2D eigenvalue weighted by molar-refractivity contribution is 5.98. The van der Waals surface area contributed by atoms with E-state index in [0.717, 1.165) is 11.1 Å². The molecule has 0 atom stereocenters. The summed E-state index contributed by atoms with van der Waals surface area (Å²) >= 11 is 0. The molecule has 0 bridgehead atoms. The Hall–Kier alpha value is -3.32. The highest BCUT2D eigenvalue weighted by Gasteiger charge is 1.95. The number of hydrogen-bond donors (Lipinski definition) is 1. The minimum Gasteiger partial charge on any atom is -0.398 e. The standard InChI is InChI=1S/C14H10.C10H9N/c1-2-6-12-10-14-8-4-3-7-13(14)9-11(12)5-1;11-10-7-3-5-8-4-1-2-6-9(8)10/h1-10H;1-7H,11H2. The number of benzene rings is 5. The second-order valence-corrected chi connectivity index (χ2v) is 6.11. The summed E-state index contributed by atoms with van der Waals surface area (Å²) in [6.45, 7) is 0. The Bertz CT molecular complexity index is 1050. The number of fused-ring (bicyclic) bond motifs is 3. The molecule has 0 aliphatic carbocycles. The van der Waals surface area contributed by atoms with Crippen LogP contribution in [0.5, 0.6) is 0 Å². The third kappa shape index (κ3) is 3.17. The first-order chi connectivity index (χ1) is 12.3. The largest absolute Gasteiger partial charge is 0.398 e. The van der Waals surface area contributed by atoms with Crippen molar-refractivity contribution in [3.05, 3.63) is 103 Å². The van der Waals surface area contributed by atoms with Gasteiger partial charge in [-0.05, 0) is 45.1 Å². The number of nitrogen functional groups attached to an aromatic ring is 1. The maximum Gasteiger partial charge on any atom is 0.0393 e. The van der Waals surface area contributed by atoms with Crippen LogP contribution < -0.4 is 5.73 Å². The van der Waals surface area contributed by atoms with E-state index in [0.29, 0.717) is 0 Å². The van der Waals surface area contributed by atoms with Gasteiger partial charge in [0.1, 0.15) is 0 Å². The first-order valence-electron chi connectivity index (χ1n) is 8.42. The van der Waals surface area contributed by atoms with Crippen LogP contribution in [-0.2, 0) is 0 Å². The molecule has 0 saturated carbocycles. The zero-order chi connectivity index (χ0) is 17.1. The van der Waals surface area contributed by atoms with Crippen molar-refractivity contribution in [2.24, 2.45) is 0 Å². The zero-order valence-corrected chi connectivity index (χ0v) is 13.9. The van der Waals surface area contributed by atoms with Crippen molar-refractivity contribution in [2.75, 3.05) is 5.73 Å². The Kier molecular flexibility index (Phi) is 4.05. The van der Waals surface area contributed by atoms with Gasteiger partial charge < -0.3 is 5.73 Å². The topological polar surface area (TPSA) is 26.0 Å². The molecule has 0 aromatic heterocycles. The van der Waals surface area contributed by atoms with Crippen LogP contribution in [0.2, 0.25) is 0 Å². The molecule has 0 amide bonds. The van der Waals surface area contributed by atoms with E-state index >= 15 is 0 Å². The Morgan fingerprint density at radius 3 is 1.28 bits per heavy atom. The summed E-state index contributed by atoms with van der Waals surface area (Å²) in [4.78, 5) is 0. The highest BCUT2D eigenvalue weighted by Crippen LogP contribution is 2.22. The van der Waals surface area contributed by atoms with E-state index in [9.17, 15) is 0 Å². The second-order valence-electron chi connectivity index (χ2n) is 6.11. The third-order valence-corrected chi connectivity index (χ3v) is 4.44. The van der Waals surface area contributed by atoms with Gasteiger partial charge in [0, 0.05) is 11.1 Å². The quantitative estimate of drug-likeness (QED) is 0.259. The third-order valence-electron chi connectivity index (χ3n) is 4.44. The Morgan fingerprint density at radius 1 is 0.400 bits per heavy atom. The summed E-state index contributed by atoms with van der Waals surface area (Å²) in [7, 11) is 0. The van der Waals surface area contributed by atoms with E-state index in [1.807, 2.05) is 30.3 Å². The van der Waals surface area contributed by atoms with Gasteiger partial charge in [0.25, 0.3) is 0 Å². The first kappa shape index (κ1) is 15.2. The smallest absolute Gasteiger partial charge is 0.0393 e. The monoisotopic (exact) mass is 321 g/mol. The van der Waals surface area contributed by atoms with Crippen LogP contribution in [0.1, 0.15) is 0 Å². The molecule has 2 N–H and O–H groups in total. The molecule has 1 nitrogen and oxygen atoms in total. The van der Waals surface area contributed by atoms with Crippen molar-refractivity contribution in [2.45, 2.75) is 0 Å². The van der Waals surface area contributed by atoms with Crippen LogP contribution in [0, 0.1) is 0 Å². The predicted molar refractivity (Wildman–Crippen MR) is 110 cm³/mol. The number of rotatable bonds is 0. The Balaban J connectivity index is 0.000000129. The molecule has 0 aliphatic heterocycles. The lowest BCUT2D eigenvalue weighted by Gasteiger charge is -2.00. The molecular formula is C24H19N. The molecule has 0 unspecified atom stereocenters. The van der Waals surface area contributed by atoms with Crippen molar-refractivity contribution in [3.8, 4) is 0 Å². The molecule has 1 heteroatoms. The maximum atomic E-state index is 5.76. The minimum absolute atomic E-state index is 0.850. The summed E-state index contributed by atoms with van der Waals surface area (Å²) in [5.74, 6) is 0. The lowest BCUT2D eigenvalue weighted by molar-refractivity contribution is 1.73. The summed E-state index contributed by atoms with van der Waals surface area (Å²) < 4.78 is 0. The van der Waals surface area contributed by atoms with Crippen LogP contribution in [0.4, 0.5) is 5.69 Å². The zero-order valence-electron chi connectivity index (χ0n) is 13.9. The summed E-state index contributed by atoms with van der Waals surface area (Å²) in [5, 5.41) is 7.58.